The third-order valence-electron chi connectivity index (χ3n) is 5.36. The summed E-state index contributed by atoms with van der Waals surface area (Å²) in [5.74, 6) is 0.381. The molecule has 0 saturated heterocycles. The molecule has 0 aliphatic rings. The van der Waals surface area contributed by atoms with Gasteiger partial charge in [0.25, 0.3) is 0 Å². The van der Waals surface area contributed by atoms with Crippen molar-refractivity contribution in [1.29, 1.82) is 0 Å². The second kappa shape index (κ2) is 9.06. The Morgan fingerprint density at radius 1 is 0.818 bits per heavy atom. The first-order valence-electron chi connectivity index (χ1n) is 10.3. The summed E-state index contributed by atoms with van der Waals surface area (Å²) in [5, 5.41) is 5.84. The summed E-state index contributed by atoms with van der Waals surface area (Å²) in [6.45, 7) is 0.599. The number of hydrogen-bond acceptors (Lipinski definition) is 4. The third kappa shape index (κ3) is 4.33. The topological polar surface area (TPSA) is 69.6 Å². The van der Waals surface area contributed by atoms with Crippen LogP contribution in [0.4, 0.5) is 5.82 Å². The van der Waals surface area contributed by atoms with Crippen LogP contribution in [0.3, 0.4) is 0 Å². The van der Waals surface area contributed by atoms with Crippen LogP contribution < -0.4 is 5.73 Å². The predicted octanol–water partition coefficient (Wildman–Crippen LogP) is 6.61. The van der Waals surface area contributed by atoms with Crippen molar-refractivity contribution in [2.75, 3.05) is 5.73 Å². The number of nitrogen functional groups attached to an aromatic ring is 1. The first kappa shape index (κ1) is 21.2. The van der Waals surface area contributed by atoms with Gasteiger partial charge in [-0.3, -0.25) is 9.67 Å². The van der Waals surface area contributed by atoms with E-state index in [2.05, 4.69) is 22.1 Å². The van der Waals surface area contributed by atoms with Crippen LogP contribution in [-0.4, -0.2) is 19.7 Å². The van der Waals surface area contributed by atoms with Crippen LogP contribution in [0.2, 0.25) is 10.0 Å². The van der Waals surface area contributed by atoms with Crippen molar-refractivity contribution >= 4 is 29.0 Å². The Hall–Kier alpha value is -3.67. The van der Waals surface area contributed by atoms with E-state index in [0.717, 1.165) is 27.8 Å². The van der Waals surface area contributed by atoms with Gasteiger partial charge in [-0.15, -0.1) is 0 Å². The lowest BCUT2D eigenvalue weighted by molar-refractivity contribution is 0.689. The van der Waals surface area contributed by atoms with Crippen molar-refractivity contribution in [3.63, 3.8) is 0 Å². The Morgan fingerprint density at radius 2 is 1.67 bits per heavy atom. The molecule has 0 fully saturated rings. The fourth-order valence-corrected chi connectivity index (χ4v) is 4.14. The molecule has 0 saturated carbocycles. The summed E-state index contributed by atoms with van der Waals surface area (Å²) in [6.07, 6.45) is 7.23. The van der Waals surface area contributed by atoms with Gasteiger partial charge in [0.1, 0.15) is 11.5 Å². The second-order valence-electron chi connectivity index (χ2n) is 7.57. The fourth-order valence-electron chi connectivity index (χ4n) is 3.74. The first-order valence-corrected chi connectivity index (χ1v) is 11.1. The molecule has 2 aromatic carbocycles. The zero-order valence-electron chi connectivity index (χ0n) is 17.5. The van der Waals surface area contributed by atoms with Gasteiger partial charge in [0.05, 0.1) is 16.6 Å². The minimum absolute atomic E-state index is 0.381. The maximum Gasteiger partial charge on any atom is 0.132 e. The van der Waals surface area contributed by atoms with Crippen molar-refractivity contribution in [2.24, 2.45) is 0 Å². The summed E-state index contributed by atoms with van der Waals surface area (Å²) in [4.78, 5) is 8.65. The molecule has 33 heavy (non-hydrogen) atoms. The largest absolute Gasteiger partial charge is 0.383 e. The Balaban J connectivity index is 1.68. The summed E-state index contributed by atoms with van der Waals surface area (Å²) in [7, 11) is 0. The van der Waals surface area contributed by atoms with Gasteiger partial charge in [0, 0.05) is 52.6 Å². The molecule has 5 aromatic rings. The van der Waals surface area contributed by atoms with Gasteiger partial charge < -0.3 is 5.73 Å². The molecule has 0 radical (unpaired) electrons. The maximum atomic E-state index is 6.60. The van der Waals surface area contributed by atoms with Gasteiger partial charge in [-0.25, -0.2) is 4.98 Å². The number of nitrogens with zero attached hydrogens (tertiary/aromatic N) is 4. The van der Waals surface area contributed by atoms with Crippen LogP contribution in [0.5, 0.6) is 0 Å². The van der Waals surface area contributed by atoms with Crippen LogP contribution in [-0.2, 0) is 6.54 Å². The molecule has 0 amide bonds. The lowest BCUT2D eigenvalue weighted by Gasteiger charge is -2.10. The van der Waals surface area contributed by atoms with Crippen molar-refractivity contribution < 1.29 is 0 Å². The van der Waals surface area contributed by atoms with Gasteiger partial charge in [0.15, 0.2) is 0 Å². The van der Waals surface area contributed by atoms with Crippen molar-refractivity contribution in [3.8, 4) is 33.5 Å². The molecule has 3 aromatic heterocycles. The molecule has 7 heteroatoms. The lowest BCUT2D eigenvalue weighted by atomic mass is 10.00. The lowest BCUT2D eigenvalue weighted by Crippen LogP contribution is -2.01. The molecule has 0 bridgehead atoms. The van der Waals surface area contributed by atoms with Crippen molar-refractivity contribution in [3.05, 3.63) is 107 Å². The normalized spacial score (nSPS) is 11.0. The summed E-state index contributed by atoms with van der Waals surface area (Å²) >= 11 is 12.9. The molecule has 162 valence electrons. The van der Waals surface area contributed by atoms with E-state index in [4.69, 9.17) is 34.0 Å². The molecular weight excluding hydrogens is 453 g/mol. The molecule has 5 nitrogen and oxygen atoms in total. The first-order chi connectivity index (χ1) is 16.1. The van der Waals surface area contributed by atoms with Gasteiger partial charge >= 0.3 is 0 Å². The van der Waals surface area contributed by atoms with E-state index in [-0.39, 0.29) is 0 Å². The Kier molecular flexibility index (Phi) is 5.82. The SMILES string of the molecule is Nc1ncc(-c2cccnc2)cc1-c1nn(Cc2ccccc2)cc1-c1cccc(Cl)c1Cl. The van der Waals surface area contributed by atoms with Gasteiger partial charge in [0.2, 0.25) is 0 Å². The average Bonchev–Trinajstić information content (AvgIpc) is 3.25. The summed E-state index contributed by atoms with van der Waals surface area (Å²) in [5.41, 5.74) is 12.3. The fraction of sp³-hybridized carbons (Fsp3) is 0.0385. The molecular formula is C26H19Cl2N5. The highest BCUT2D eigenvalue weighted by Crippen LogP contribution is 2.40. The Labute approximate surface area is 201 Å². The number of hydrogen-bond donors (Lipinski definition) is 1. The number of nitrogens with two attached hydrogens (primary N) is 1. The third-order valence-corrected chi connectivity index (χ3v) is 6.18. The van der Waals surface area contributed by atoms with Gasteiger partial charge in [-0.1, -0.05) is 71.7 Å². The molecule has 2 N–H and O–H groups in total. The number of halogens is 2. The van der Waals surface area contributed by atoms with Crippen LogP contribution in [0.1, 0.15) is 5.56 Å². The smallest absolute Gasteiger partial charge is 0.132 e. The Bertz CT molecular complexity index is 1420. The minimum Gasteiger partial charge on any atom is -0.383 e. The van der Waals surface area contributed by atoms with E-state index in [1.807, 2.05) is 59.4 Å². The highest BCUT2D eigenvalue weighted by molar-refractivity contribution is 6.43. The van der Waals surface area contributed by atoms with E-state index in [1.54, 1.807) is 24.7 Å². The molecule has 0 unspecified atom stereocenters. The summed E-state index contributed by atoms with van der Waals surface area (Å²) in [6, 6.07) is 21.5. The van der Waals surface area contributed by atoms with E-state index in [0.29, 0.717) is 33.7 Å². The number of rotatable bonds is 5. The van der Waals surface area contributed by atoms with E-state index in [9.17, 15) is 0 Å². The second-order valence-corrected chi connectivity index (χ2v) is 8.36. The standard InChI is InChI=1S/C26H19Cl2N5/c27-23-10-4-9-20(24(23)28)22-16-33(15-17-6-2-1-3-7-17)32-25(22)21-12-19(14-31-26(21)29)18-8-5-11-30-13-18/h1-14,16H,15H2,(H2,29,31). The number of benzene rings is 2. The van der Waals surface area contributed by atoms with Crippen LogP contribution in [0.15, 0.2) is 91.5 Å². The molecule has 0 aliphatic carbocycles. The minimum atomic E-state index is 0.381. The van der Waals surface area contributed by atoms with E-state index in [1.165, 1.54) is 0 Å². The van der Waals surface area contributed by atoms with Crippen molar-refractivity contribution in [1.82, 2.24) is 19.7 Å². The van der Waals surface area contributed by atoms with E-state index < -0.39 is 0 Å². The van der Waals surface area contributed by atoms with Crippen LogP contribution in [0.25, 0.3) is 33.5 Å². The van der Waals surface area contributed by atoms with Crippen molar-refractivity contribution in [2.45, 2.75) is 6.54 Å². The van der Waals surface area contributed by atoms with Crippen LogP contribution in [0, 0.1) is 0 Å². The number of anilines is 1. The highest BCUT2D eigenvalue weighted by atomic mass is 35.5. The average molecular weight is 472 g/mol. The quantitative estimate of drug-likeness (QED) is 0.313. The zero-order chi connectivity index (χ0) is 22.8. The highest BCUT2D eigenvalue weighted by Gasteiger charge is 2.20. The van der Waals surface area contributed by atoms with Gasteiger partial charge in [-0.05, 0) is 23.8 Å². The molecule has 3 heterocycles. The number of pyridine rings is 2. The monoisotopic (exact) mass is 471 g/mol. The van der Waals surface area contributed by atoms with Gasteiger partial charge in [-0.2, -0.15) is 5.10 Å². The molecule has 5 rings (SSSR count). The van der Waals surface area contributed by atoms with E-state index >= 15 is 0 Å². The maximum absolute atomic E-state index is 6.60. The molecule has 0 spiro atoms. The van der Waals surface area contributed by atoms with Crippen LogP contribution >= 0.6 is 23.2 Å². The summed E-state index contributed by atoms with van der Waals surface area (Å²) < 4.78 is 1.88. The predicted molar refractivity (Wildman–Crippen MR) is 134 cm³/mol. The molecule has 0 atom stereocenters. The Morgan fingerprint density at radius 3 is 2.45 bits per heavy atom. The molecule has 0 aliphatic heterocycles. The number of aromatic nitrogens is 4. The zero-order valence-corrected chi connectivity index (χ0v) is 19.0.